The number of rotatable bonds is 3. The molecule has 2 aromatic carbocycles. The molecule has 1 spiro atoms. The van der Waals surface area contributed by atoms with E-state index in [1.807, 2.05) is 26.0 Å². The van der Waals surface area contributed by atoms with Crippen molar-refractivity contribution < 1.29 is 22.7 Å². The van der Waals surface area contributed by atoms with Crippen molar-refractivity contribution in [2.24, 2.45) is 0 Å². The van der Waals surface area contributed by atoms with Gasteiger partial charge in [0.2, 0.25) is 15.9 Å². The maximum Gasteiger partial charge on any atom is 0.243 e. The van der Waals surface area contributed by atoms with Crippen molar-refractivity contribution >= 4 is 27.4 Å². The first-order valence-electron chi connectivity index (χ1n) is 10.3. The lowest BCUT2D eigenvalue weighted by Gasteiger charge is -2.43. The Bertz CT molecular complexity index is 1150. The third-order valence-corrected chi connectivity index (χ3v) is 7.89. The number of Topliss-reactive ketones (excluding diaryl/α,β-unsaturated/α-hetero) is 1. The minimum atomic E-state index is -3.67. The molecule has 0 atom stereocenters. The predicted molar refractivity (Wildman–Crippen MR) is 117 cm³/mol. The summed E-state index contributed by atoms with van der Waals surface area (Å²) in [6.07, 6.45) is 1.17. The Morgan fingerprint density at radius 2 is 1.74 bits per heavy atom. The second-order valence-corrected chi connectivity index (χ2v) is 10.4. The second kappa shape index (κ2) is 7.76. The molecule has 4 rings (SSSR count). The molecular weight excluding hydrogens is 416 g/mol. The molecule has 0 aromatic heterocycles. The smallest absolute Gasteiger partial charge is 0.243 e. The number of carbonyl (C=O) groups is 2. The molecule has 2 heterocycles. The van der Waals surface area contributed by atoms with E-state index in [1.165, 1.54) is 23.4 Å². The van der Waals surface area contributed by atoms with Crippen molar-refractivity contribution in [2.75, 3.05) is 18.4 Å². The molecule has 0 radical (unpaired) electrons. The van der Waals surface area contributed by atoms with Gasteiger partial charge < -0.3 is 10.1 Å². The summed E-state index contributed by atoms with van der Waals surface area (Å²) >= 11 is 0. The number of hydrogen-bond acceptors (Lipinski definition) is 5. The fourth-order valence-electron chi connectivity index (χ4n) is 4.49. The average molecular weight is 443 g/mol. The standard InChI is InChI=1S/C23H26N2O5S/c1-15-12-16(2)22-20(27)14-23(30-21(22)13-15)8-10-25(11-9-23)31(28,29)19-6-4-18(5-7-19)24-17(3)26/h4-7,12-13H,8-11,14H2,1-3H3,(H,24,26). The molecule has 2 aliphatic heterocycles. The minimum absolute atomic E-state index is 0.0589. The SMILES string of the molecule is CC(=O)Nc1ccc(S(=O)(=O)N2CCC3(CC2)CC(=O)c2c(C)cc(C)cc2O3)cc1. The van der Waals surface area contributed by atoms with Gasteiger partial charge in [0, 0.05) is 38.5 Å². The van der Waals surface area contributed by atoms with Gasteiger partial charge in [0.05, 0.1) is 16.9 Å². The zero-order chi connectivity index (χ0) is 22.4. The van der Waals surface area contributed by atoms with E-state index < -0.39 is 15.6 Å². The predicted octanol–water partition coefficient (Wildman–Crippen LogP) is 3.45. The molecule has 0 aliphatic carbocycles. The quantitative estimate of drug-likeness (QED) is 0.786. The monoisotopic (exact) mass is 442 g/mol. The largest absolute Gasteiger partial charge is 0.486 e. The van der Waals surface area contributed by atoms with Crippen LogP contribution < -0.4 is 10.1 Å². The third kappa shape index (κ3) is 4.09. The Balaban J connectivity index is 1.50. The first kappa shape index (κ1) is 21.5. The highest BCUT2D eigenvalue weighted by Gasteiger charge is 2.45. The van der Waals surface area contributed by atoms with Crippen molar-refractivity contribution in [3.8, 4) is 5.75 Å². The molecule has 1 N–H and O–H groups in total. The van der Waals surface area contributed by atoms with Gasteiger partial charge in [-0.05, 0) is 55.3 Å². The molecule has 0 unspecified atom stereocenters. The number of piperidine rings is 1. The summed E-state index contributed by atoms with van der Waals surface area (Å²) in [5.41, 5.74) is 2.47. The van der Waals surface area contributed by atoms with Crippen LogP contribution in [-0.4, -0.2) is 43.1 Å². The fourth-order valence-corrected chi connectivity index (χ4v) is 5.93. The van der Waals surface area contributed by atoms with Crippen LogP contribution in [-0.2, 0) is 14.8 Å². The van der Waals surface area contributed by atoms with E-state index in [-0.39, 0.29) is 36.1 Å². The molecule has 2 aromatic rings. The number of ether oxygens (including phenoxy) is 1. The zero-order valence-electron chi connectivity index (χ0n) is 17.9. The zero-order valence-corrected chi connectivity index (χ0v) is 18.7. The number of hydrogen-bond donors (Lipinski definition) is 1. The van der Waals surface area contributed by atoms with Crippen molar-refractivity contribution in [3.63, 3.8) is 0 Å². The molecule has 0 bridgehead atoms. The van der Waals surface area contributed by atoms with Gasteiger partial charge in [-0.1, -0.05) is 6.07 Å². The van der Waals surface area contributed by atoms with Crippen molar-refractivity contribution in [1.29, 1.82) is 0 Å². The lowest BCUT2D eigenvalue weighted by molar-refractivity contribution is -0.114. The number of fused-ring (bicyclic) bond motifs is 1. The van der Waals surface area contributed by atoms with Gasteiger partial charge in [0.1, 0.15) is 11.4 Å². The van der Waals surface area contributed by atoms with E-state index >= 15 is 0 Å². The molecule has 8 heteroatoms. The number of ketones is 1. The van der Waals surface area contributed by atoms with Gasteiger partial charge in [-0.3, -0.25) is 9.59 Å². The minimum Gasteiger partial charge on any atom is -0.486 e. The second-order valence-electron chi connectivity index (χ2n) is 8.45. The number of nitrogens with one attached hydrogen (secondary N) is 1. The van der Waals surface area contributed by atoms with Crippen LogP contribution in [0.1, 0.15) is 47.7 Å². The molecule has 31 heavy (non-hydrogen) atoms. The van der Waals surface area contributed by atoms with Crippen LogP contribution in [0.4, 0.5) is 5.69 Å². The normalized spacial score (nSPS) is 18.4. The summed E-state index contributed by atoms with van der Waals surface area (Å²) in [6.45, 7) is 5.84. The van der Waals surface area contributed by atoms with Gasteiger partial charge in [-0.15, -0.1) is 0 Å². The Kier molecular flexibility index (Phi) is 5.39. The number of aryl methyl sites for hydroxylation is 2. The number of anilines is 1. The Morgan fingerprint density at radius 3 is 2.35 bits per heavy atom. The summed E-state index contributed by atoms with van der Waals surface area (Å²) in [5.74, 6) is 0.452. The molecule has 1 saturated heterocycles. The van der Waals surface area contributed by atoms with Crippen LogP contribution in [0.3, 0.4) is 0 Å². The Hall–Kier alpha value is -2.71. The Morgan fingerprint density at radius 1 is 1.10 bits per heavy atom. The third-order valence-electron chi connectivity index (χ3n) is 5.98. The number of amides is 1. The van der Waals surface area contributed by atoms with Gasteiger partial charge in [0.25, 0.3) is 0 Å². The summed E-state index contributed by atoms with van der Waals surface area (Å²) in [6, 6.07) is 10.0. The van der Waals surface area contributed by atoms with E-state index in [9.17, 15) is 18.0 Å². The first-order chi connectivity index (χ1) is 14.6. The van der Waals surface area contributed by atoms with Gasteiger partial charge in [-0.2, -0.15) is 4.31 Å². The number of benzene rings is 2. The van der Waals surface area contributed by atoms with Gasteiger partial charge in [0.15, 0.2) is 5.78 Å². The maximum atomic E-state index is 13.1. The maximum absolute atomic E-state index is 13.1. The molecule has 7 nitrogen and oxygen atoms in total. The van der Waals surface area contributed by atoms with Gasteiger partial charge in [-0.25, -0.2) is 8.42 Å². The lowest BCUT2D eigenvalue weighted by Crippen LogP contribution is -2.52. The summed E-state index contributed by atoms with van der Waals surface area (Å²) < 4.78 is 33.9. The number of sulfonamides is 1. The van der Waals surface area contributed by atoms with Crippen LogP contribution in [0.15, 0.2) is 41.3 Å². The lowest BCUT2D eigenvalue weighted by atomic mass is 9.82. The van der Waals surface area contributed by atoms with Crippen LogP contribution in [0.2, 0.25) is 0 Å². The van der Waals surface area contributed by atoms with Crippen LogP contribution >= 0.6 is 0 Å². The number of nitrogens with zero attached hydrogens (tertiary/aromatic N) is 1. The number of carbonyl (C=O) groups excluding carboxylic acids is 2. The summed E-state index contributed by atoms with van der Waals surface area (Å²) in [5, 5.41) is 2.63. The molecule has 2 aliphatic rings. The molecule has 1 amide bonds. The topological polar surface area (TPSA) is 92.8 Å². The van der Waals surface area contributed by atoms with Crippen molar-refractivity contribution in [3.05, 3.63) is 53.1 Å². The molecule has 164 valence electrons. The van der Waals surface area contributed by atoms with Crippen LogP contribution in [0, 0.1) is 13.8 Å². The van der Waals surface area contributed by atoms with Crippen molar-refractivity contribution in [1.82, 2.24) is 4.31 Å². The highest BCUT2D eigenvalue weighted by molar-refractivity contribution is 7.89. The van der Waals surface area contributed by atoms with E-state index in [4.69, 9.17) is 4.74 Å². The summed E-state index contributed by atoms with van der Waals surface area (Å²) in [4.78, 5) is 24.2. The fraction of sp³-hybridized carbons (Fsp3) is 0.391. The van der Waals surface area contributed by atoms with Gasteiger partial charge >= 0.3 is 0 Å². The molecular formula is C23H26N2O5S. The van der Waals surface area contributed by atoms with Crippen LogP contribution in [0.25, 0.3) is 0 Å². The molecule has 1 fully saturated rings. The van der Waals surface area contributed by atoms with E-state index in [1.54, 1.807) is 12.1 Å². The molecule has 0 saturated carbocycles. The first-order valence-corrected chi connectivity index (χ1v) is 11.7. The van der Waals surface area contributed by atoms with E-state index in [2.05, 4.69) is 5.32 Å². The Labute approximate surface area is 182 Å². The highest BCUT2D eigenvalue weighted by Crippen LogP contribution is 2.41. The van der Waals surface area contributed by atoms with Crippen LogP contribution in [0.5, 0.6) is 5.75 Å². The van der Waals surface area contributed by atoms with E-state index in [0.29, 0.717) is 29.8 Å². The summed E-state index contributed by atoms with van der Waals surface area (Å²) in [7, 11) is -3.67. The van der Waals surface area contributed by atoms with Crippen molar-refractivity contribution in [2.45, 2.75) is 50.5 Å². The highest BCUT2D eigenvalue weighted by atomic mass is 32.2. The van der Waals surface area contributed by atoms with E-state index in [0.717, 1.165) is 11.1 Å². The average Bonchev–Trinajstić information content (AvgIpc) is 2.67.